The number of nitrogens with zero attached hydrogens (tertiary/aromatic N) is 4. The van der Waals surface area contributed by atoms with Crippen LogP contribution in [0.4, 0.5) is 11.6 Å². The third-order valence-corrected chi connectivity index (χ3v) is 3.34. The monoisotopic (exact) mass is 251 g/mol. The number of rotatable bonds is 3. The molecule has 0 spiro atoms. The maximum absolute atomic E-state index is 9.87. The van der Waals surface area contributed by atoms with Gasteiger partial charge < -0.3 is 20.6 Å². The maximum Gasteiger partial charge on any atom is 0.137 e. The Morgan fingerprint density at radius 3 is 2.89 bits per heavy atom. The van der Waals surface area contributed by atoms with Crippen LogP contribution >= 0.6 is 0 Å². The van der Waals surface area contributed by atoms with Crippen molar-refractivity contribution in [3.05, 3.63) is 11.9 Å². The predicted molar refractivity (Wildman–Crippen MR) is 71.5 cm³/mol. The second kappa shape index (κ2) is 5.07. The fraction of sp³-hybridized carbons (Fsp3) is 0.667. The number of β-amino-alcohol motifs (C(OH)–C–C–N with tert-alkyl or cyclic N) is 1. The summed E-state index contributed by atoms with van der Waals surface area (Å²) in [6.45, 7) is 3.41. The number of aliphatic hydroxyl groups excluding tert-OH is 1. The van der Waals surface area contributed by atoms with Gasteiger partial charge in [0, 0.05) is 24.7 Å². The first-order valence-electron chi connectivity index (χ1n) is 6.15. The molecule has 0 saturated carbocycles. The average Bonchev–Trinajstić information content (AvgIpc) is 2.62. The average molecular weight is 251 g/mol. The summed E-state index contributed by atoms with van der Waals surface area (Å²) in [5.74, 6) is 1.34. The van der Waals surface area contributed by atoms with Crippen LogP contribution in [0, 0.1) is 6.92 Å². The van der Waals surface area contributed by atoms with Crippen LogP contribution in [0.25, 0.3) is 0 Å². The predicted octanol–water partition coefficient (Wildman–Crippen LogP) is -0.132. The van der Waals surface area contributed by atoms with Gasteiger partial charge >= 0.3 is 0 Å². The zero-order valence-electron chi connectivity index (χ0n) is 11.2. The van der Waals surface area contributed by atoms with Crippen LogP contribution in [0.5, 0.6) is 0 Å². The van der Waals surface area contributed by atoms with E-state index in [0.29, 0.717) is 12.4 Å². The lowest BCUT2D eigenvalue weighted by atomic mass is 10.2. The molecule has 2 unspecified atom stereocenters. The van der Waals surface area contributed by atoms with Crippen LogP contribution in [0.15, 0.2) is 6.33 Å². The normalized spacial score (nSPS) is 23.9. The third-order valence-electron chi connectivity index (χ3n) is 3.34. The van der Waals surface area contributed by atoms with Crippen molar-refractivity contribution in [1.82, 2.24) is 14.9 Å². The van der Waals surface area contributed by atoms with Crippen LogP contribution in [-0.2, 0) is 0 Å². The minimum atomic E-state index is -0.300. The molecule has 1 saturated heterocycles. The van der Waals surface area contributed by atoms with Crippen LogP contribution < -0.4 is 10.6 Å². The third kappa shape index (κ3) is 2.54. The first kappa shape index (κ1) is 13.0. The fourth-order valence-corrected chi connectivity index (χ4v) is 2.49. The maximum atomic E-state index is 9.87. The van der Waals surface area contributed by atoms with Crippen LogP contribution in [0.3, 0.4) is 0 Å². The van der Waals surface area contributed by atoms with Gasteiger partial charge in [-0.1, -0.05) is 0 Å². The first-order valence-corrected chi connectivity index (χ1v) is 6.15. The van der Waals surface area contributed by atoms with Crippen LogP contribution in [-0.4, -0.2) is 59.3 Å². The van der Waals surface area contributed by atoms with Gasteiger partial charge in [0.15, 0.2) is 0 Å². The Bertz CT molecular complexity index is 423. The van der Waals surface area contributed by atoms with Gasteiger partial charge in [0.1, 0.15) is 18.0 Å². The summed E-state index contributed by atoms with van der Waals surface area (Å²) in [5.41, 5.74) is 6.70. The van der Waals surface area contributed by atoms with Crippen molar-refractivity contribution in [2.24, 2.45) is 0 Å². The molecule has 2 atom stereocenters. The highest BCUT2D eigenvalue weighted by Crippen LogP contribution is 2.28. The Hall–Kier alpha value is -1.40. The number of likely N-dealkylation sites (N-methyl/N-ethyl adjacent to an activating group) is 1. The summed E-state index contributed by atoms with van der Waals surface area (Å²) < 4.78 is 0. The summed E-state index contributed by atoms with van der Waals surface area (Å²) in [6, 6.07) is 0.267. The van der Waals surface area contributed by atoms with Crippen molar-refractivity contribution in [2.75, 3.05) is 37.8 Å². The highest BCUT2D eigenvalue weighted by molar-refractivity contribution is 5.57. The molecule has 0 bridgehead atoms. The number of aliphatic hydroxyl groups is 1. The molecule has 0 aromatic carbocycles. The van der Waals surface area contributed by atoms with Gasteiger partial charge in [-0.25, -0.2) is 9.97 Å². The lowest BCUT2D eigenvalue weighted by Crippen LogP contribution is -2.38. The Morgan fingerprint density at radius 2 is 2.22 bits per heavy atom. The van der Waals surface area contributed by atoms with Crippen LogP contribution in [0.1, 0.15) is 12.0 Å². The standard InChI is InChI=1S/C12H21N5O/c1-8-11(13)14-7-15-12(8)17-6-10(18)4-9(17)5-16(2)3/h7,9-10,18H,4-6H2,1-3H3,(H2,13,14,15). The van der Waals surface area contributed by atoms with E-state index in [1.165, 1.54) is 6.33 Å². The minimum Gasteiger partial charge on any atom is -0.391 e. The number of aromatic nitrogens is 2. The molecule has 1 aliphatic heterocycles. The Labute approximate surface area is 107 Å². The van der Waals surface area contributed by atoms with E-state index in [9.17, 15) is 5.11 Å². The summed E-state index contributed by atoms with van der Waals surface area (Å²) in [6.07, 6.45) is 1.95. The van der Waals surface area contributed by atoms with E-state index < -0.39 is 0 Å². The van der Waals surface area contributed by atoms with Crippen LogP contribution in [0.2, 0.25) is 0 Å². The van der Waals surface area contributed by atoms with Gasteiger partial charge in [-0.3, -0.25) is 0 Å². The van der Waals surface area contributed by atoms with Crippen molar-refractivity contribution in [2.45, 2.75) is 25.5 Å². The molecule has 1 aliphatic rings. The Morgan fingerprint density at radius 1 is 1.50 bits per heavy atom. The molecule has 2 heterocycles. The topological polar surface area (TPSA) is 78.5 Å². The smallest absolute Gasteiger partial charge is 0.137 e. The molecule has 0 amide bonds. The lowest BCUT2D eigenvalue weighted by Gasteiger charge is -2.28. The zero-order chi connectivity index (χ0) is 13.3. The largest absolute Gasteiger partial charge is 0.391 e. The number of nitrogen functional groups attached to an aromatic ring is 1. The van der Waals surface area contributed by atoms with Crippen molar-refractivity contribution < 1.29 is 5.11 Å². The van der Waals surface area contributed by atoms with E-state index in [0.717, 1.165) is 24.3 Å². The quantitative estimate of drug-likeness (QED) is 0.779. The number of anilines is 2. The van der Waals surface area contributed by atoms with Crippen molar-refractivity contribution >= 4 is 11.6 Å². The van der Waals surface area contributed by atoms with Gasteiger partial charge in [0.25, 0.3) is 0 Å². The molecular formula is C12H21N5O. The SMILES string of the molecule is Cc1c(N)ncnc1N1CC(O)CC1CN(C)C. The molecule has 0 aliphatic carbocycles. The van der Waals surface area contributed by atoms with E-state index in [2.05, 4.69) is 19.8 Å². The first-order chi connectivity index (χ1) is 8.49. The number of hydrogen-bond donors (Lipinski definition) is 2. The van der Waals surface area contributed by atoms with Gasteiger partial charge in [-0.2, -0.15) is 0 Å². The molecule has 0 radical (unpaired) electrons. The van der Waals surface area contributed by atoms with E-state index >= 15 is 0 Å². The zero-order valence-corrected chi connectivity index (χ0v) is 11.2. The van der Waals surface area contributed by atoms with E-state index in [1.807, 2.05) is 21.0 Å². The van der Waals surface area contributed by atoms with Gasteiger partial charge in [-0.05, 0) is 27.4 Å². The molecule has 1 fully saturated rings. The Kier molecular flexibility index (Phi) is 3.68. The minimum absolute atomic E-state index is 0.267. The molecule has 3 N–H and O–H groups in total. The molecule has 18 heavy (non-hydrogen) atoms. The van der Waals surface area contributed by atoms with Crippen molar-refractivity contribution in [3.8, 4) is 0 Å². The molecule has 6 nitrogen and oxygen atoms in total. The number of nitrogens with two attached hydrogens (primary N) is 1. The fourth-order valence-electron chi connectivity index (χ4n) is 2.49. The van der Waals surface area contributed by atoms with E-state index in [-0.39, 0.29) is 12.1 Å². The van der Waals surface area contributed by atoms with Gasteiger partial charge in [-0.15, -0.1) is 0 Å². The van der Waals surface area contributed by atoms with E-state index in [4.69, 9.17) is 5.73 Å². The highest BCUT2D eigenvalue weighted by Gasteiger charge is 2.33. The second-order valence-electron chi connectivity index (χ2n) is 5.17. The highest BCUT2D eigenvalue weighted by atomic mass is 16.3. The molecular weight excluding hydrogens is 230 g/mol. The summed E-state index contributed by atoms with van der Waals surface area (Å²) in [7, 11) is 4.06. The molecule has 6 heteroatoms. The summed E-state index contributed by atoms with van der Waals surface area (Å²) >= 11 is 0. The lowest BCUT2D eigenvalue weighted by molar-refractivity contribution is 0.191. The van der Waals surface area contributed by atoms with E-state index in [1.54, 1.807) is 0 Å². The van der Waals surface area contributed by atoms with Gasteiger partial charge in [0.2, 0.25) is 0 Å². The molecule has 100 valence electrons. The second-order valence-corrected chi connectivity index (χ2v) is 5.17. The molecule has 2 rings (SSSR count). The van der Waals surface area contributed by atoms with Gasteiger partial charge in [0.05, 0.1) is 6.10 Å². The van der Waals surface area contributed by atoms with Crippen molar-refractivity contribution in [3.63, 3.8) is 0 Å². The molecule has 1 aromatic heterocycles. The number of hydrogen-bond acceptors (Lipinski definition) is 6. The van der Waals surface area contributed by atoms with Crippen molar-refractivity contribution in [1.29, 1.82) is 0 Å². The Balaban J connectivity index is 2.27. The summed E-state index contributed by atoms with van der Waals surface area (Å²) in [4.78, 5) is 12.6. The molecule has 1 aromatic rings. The summed E-state index contributed by atoms with van der Waals surface area (Å²) in [5, 5.41) is 9.87.